The van der Waals surface area contributed by atoms with Crippen molar-refractivity contribution in [2.45, 2.75) is 57.5 Å². The van der Waals surface area contributed by atoms with E-state index in [1.807, 2.05) is 32.0 Å². The molecule has 2 aromatic carbocycles. The summed E-state index contributed by atoms with van der Waals surface area (Å²) >= 11 is 3.31. The van der Waals surface area contributed by atoms with Crippen molar-refractivity contribution in [2.75, 3.05) is 11.3 Å². The molecule has 3 aromatic heterocycles. The molecule has 6 rings (SSSR count). The third-order valence-electron chi connectivity index (χ3n) is 8.16. The first kappa shape index (κ1) is 32.5. The summed E-state index contributed by atoms with van der Waals surface area (Å²) < 4.78 is 41.4. The highest BCUT2D eigenvalue weighted by Crippen LogP contribution is 2.49. The van der Waals surface area contributed by atoms with Gasteiger partial charge >= 0.3 is 5.97 Å². The minimum atomic E-state index is -4.23. The fourth-order valence-corrected chi connectivity index (χ4v) is 6.78. The molecule has 0 saturated heterocycles. The fourth-order valence-electron chi connectivity index (χ4n) is 5.42. The van der Waals surface area contributed by atoms with E-state index in [4.69, 9.17) is 9.15 Å². The molecule has 1 saturated carbocycles. The Bertz CT molecular complexity index is 2060. The topological polar surface area (TPSA) is 169 Å². The van der Waals surface area contributed by atoms with Gasteiger partial charge in [-0.15, -0.1) is 0 Å². The lowest BCUT2D eigenvalue weighted by molar-refractivity contribution is 0.0696. The Kier molecular flexibility index (Phi) is 9.01. The van der Waals surface area contributed by atoms with E-state index < -0.39 is 16.0 Å². The normalized spacial score (nSPS) is 14.6. The van der Waals surface area contributed by atoms with Crippen LogP contribution in [-0.4, -0.2) is 52.1 Å². The van der Waals surface area contributed by atoms with Crippen LogP contribution < -0.4 is 14.8 Å². The molecule has 0 aliphatic heterocycles. The van der Waals surface area contributed by atoms with Crippen LogP contribution in [0, 0.1) is 19.3 Å². The van der Waals surface area contributed by atoms with Crippen LogP contribution in [0.2, 0.25) is 0 Å². The number of hydrogen-bond donors (Lipinski definition) is 3. The van der Waals surface area contributed by atoms with Gasteiger partial charge in [-0.05, 0) is 83.8 Å². The summed E-state index contributed by atoms with van der Waals surface area (Å²) in [6, 6.07) is 14.3. The predicted octanol–water partition coefficient (Wildman–Crippen LogP) is 6.29. The molecule has 244 valence electrons. The van der Waals surface area contributed by atoms with Gasteiger partial charge in [0.2, 0.25) is 17.5 Å². The number of hydrogen-bond acceptors (Lipinski definition) is 10. The van der Waals surface area contributed by atoms with Gasteiger partial charge in [0, 0.05) is 30.3 Å². The number of carboxylic acid groups (broad SMARTS) is 1. The van der Waals surface area contributed by atoms with Crippen LogP contribution >= 0.6 is 15.9 Å². The van der Waals surface area contributed by atoms with Crippen LogP contribution in [-0.2, 0) is 16.6 Å². The summed E-state index contributed by atoms with van der Waals surface area (Å²) in [5.74, 6) is -1.25. The molecule has 47 heavy (non-hydrogen) atoms. The van der Waals surface area contributed by atoms with Gasteiger partial charge in [-0.25, -0.2) is 32.9 Å². The number of nitrogens with zero attached hydrogens (tertiary/aromatic N) is 4. The lowest BCUT2D eigenvalue weighted by Crippen LogP contribution is -2.36. The second-order valence-electron chi connectivity index (χ2n) is 12.1. The fraction of sp³-hybridized carbons (Fsp3) is 0.303. The largest absolute Gasteiger partial charge is 0.478 e. The van der Waals surface area contributed by atoms with E-state index in [9.17, 15) is 18.3 Å². The van der Waals surface area contributed by atoms with E-state index in [1.165, 1.54) is 18.2 Å². The Morgan fingerprint density at radius 3 is 2.55 bits per heavy atom. The Morgan fingerprint density at radius 1 is 1.09 bits per heavy atom. The lowest BCUT2D eigenvalue weighted by atomic mass is 9.99. The maximum Gasteiger partial charge on any atom is 0.335 e. The van der Waals surface area contributed by atoms with Crippen molar-refractivity contribution >= 4 is 49.1 Å². The highest BCUT2D eigenvalue weighted by atomic mass is 79.9. The standard InChI is InChI=1S/C33H33BrN6O6S/c1-19-6-4-7-20(2)29(19)25-14-28(39-32(38-25)40-47(43,44)24-9-5-8-21(12-24)31(41)42)45-18-22(15-33(3)10-11-33)35-16-23-17-36-30-26(37-23)13-27(34)46-30/h4-9,12-14,17,22,35H,10-11,15-16,18H2,1-3H3,(H,41,42)(H,38,39,40). The second-order valence-corrected chi connectivity index (χ2v) is 14.6. The van der Waals surface area contributed by atoms with Crippen LogP contribution in [0.4, 0.5) is 5.95 Å². The molecule has 1 aliphatic rings. The minimum absolute atomic E-state index is 0.0754. The number of halogens is 1. The van der Waals surface area contributed by atoms with Crippen LogP contribution in [0.15, 0.2) is 74.8 Å². The third-order valence-corrected chi connectivity index (χ3v) is 9.88. The molecule has 12 nitrogen and oxygen atoms in total. The molecular formula is C33H33BrN6O6S. The molecule has 5 aromatic rings. The van der Waals surface area contributed by atoms with Gasteiger partial charge in [0.15, 0.2) is 4.67 Å². The zero-order valence-electron chi connectivity index (χ0n) is 25.9. The van der Waals surface area contributed by atoms with Crippen LogP contribution in [0.3, 0.4) is 0 Å². The average molecular weight is 722 g/mol. The molecule has 1 fully saturated rings. The summed E-state index contributed by atoms with van der Waals surface area (Å²) in [4.78, 5) is 29.2. The monoisotopic (exact) mass is 720 g/mol. The number of carbonyl (C=O) groups is 1. The Labute approximate surface area is 280 Å². The van der Waals surface area contributed by atoms with Gasteiger partial charge in [-0.1, -0.05) is 31.2 Å². The Balaban J connectivity index is 1.27. The number of nitrogens with one attached hydrogen (secondary N) is 2. The highest BCUT2D eigenvalue weighted by molar-refractivity contribution is 9.10. The first-order valence-corrected chi connectivity index (χ1v) is 17.2. The van der Waals surface area contributed by atoms with E-state index in [1.54, 1.807) is 18.3 Å². The molecule has 3 N–H and O–H groups in total. The van der Waals surface area contributed by atoms with Crippen molar-refractivity contribution in [1.29, 1.82) is 0 Å². The van der Waals surface area contributed by atoms with Crippen LogP contribution in [0.25, 0.3) is 22.5 Å². The number of furan rings is 1. The van der Waals surface area contributed by atoms with Gasteiger partial charge in [-0.2, -0.15) is 4.98 Å². The highest BCUT2D eigenvalue weighted by Gasteiger charge is 2.39. The third kappa shape index (κ3) is 7.77. The first-order valence-electron chi connectivity index (χ1n) is 15.0. The number of aryl methyl sites for hydroxylation is 2. The summed E-state index contributed by atoms with van der Waals surface area (Å²) in [6.45, 7) is 6.84. The van der Waals surface area contributed by atoms with Crippen LogP contribution in [0.5, 0.6) is 5.88 Å². The van der Waals surface area contributed by atoms with Gasteiger partial charge in [0.05, 0.1) is 28.0 Å². The number of carboxylic acids is 1. The quantitative estimate of drug-likeness (QED) is 0.125. The molecule has 14 heteroatoms. The predicted molar refractivity (Wildman–Crippen MR) is 179 cm³/mol. The van der Waals surface area contributed by atoms with Gasteiger partial charge < -0.3 is 19.6 Å². The molecule has 0 amide bonds. The SMILES string of the molecule is Cc1cccc(C)c1-c1cc(OCC(CC2(C)CC2)NCc2cnc3oc(Br)cc3n2)nc(NS(=O)(=O)c2cccc(C(=O)O)c2)n1. The number of benzene rings is 2. The summed E-state index contributed by atoms with van der Waals surface area (Å²) in [5, 5.41) is 12.9. The maximum absolute atomic E-state index is 13.3. The molecule has 1 unspecified atom stereocenters. The van der Waals surface area contributed by atoms with E-state index in [2.05, 4.69) is 52.8 Å². The van der Waals surface area contributed by atoms with E-state index >= 15 is 0 Å². The number of ether oxygens (including phenoxy) is 1. The van der Waals surface area contributed by atoms with Gasteiger partial charge in [0.25, 0.3) is 10.0 Å². The first-order chi connectivity index (χ1) is 22.4. The number of anilines is 1. The van der Waals surface area contributed by atoms with Crippen molar-refractivity contribution in [2.24, 2.45) is 5.41 Å². The summed E-state index contributed by atoms with van der Waals surface area (Å²) in [7, 11) is -4.23. The Hall–Kier alpha value is -4.40. The van der Waals surface area contributed by atoms with Crippen molar-refractivity contribution in [1.82, 2.24) is 25.3 Å². The molecule has 0 bridgehead atoms. The molecule has 1 aliphatic carbocycles. The maximum atomic E-state index is 13.3. The average Bonchev–Trinajstić information content (AvgIpc) is 3.63. The number of fused-ring (bicyclic) bond motifs is 1. The molecule has 3 heterocycles. The molecule has 0 radical (unpaired) electrons. The van der Waals surface area contributed by atoms with E-state index in [-0.39, 0.29) is 40.4 Å². The molecule has 0 spiro atoms. The number of sulfonamides is 1. The number of aromatic nitrogens is 4. The van der Waals surface area contributed by atoms with Crippen molar-refractivity contribution < 1.29 is 27.5 Å². The van der Waals surface area contributed by atoms with Gasteiger partial charge in [0.1, 0.15) is 12.1 Å². The van der Waals surface area contributed by atoms with Crippen molar-refractivity contribution in [3.05, 3.63) is 87.8 Å². The van der Waals surface area contributed by atoms with E-state index in [0.29, 0.717) is 28.1 Å². The van der Waals surface area contributed by atoms with Crippen LogP contribution in [0.1, 0.15) is 53.4 Å². The summed E-state index contributed by atoms with van der Waals surface area (Å²) in [5.41, 5.74) is 5.10. The minimum Gasteiger partial charge on any atom is -0.478 e. The van der Waals surface area contributed by atoms with Gasteiger partial charge in [-0.3, -0.25) is 0 Å². The number of aromatic carboxylic acids is 1. The van der Waals surface area contributed by atoms with Crippen molar-refractivity contribution in [3.8, 4) is 17.1 Å². The van der Waals surface area contributed by atoms with Crippen molar-refractivity contribution in [3.63, 3.8) is 0 Å². The zero-order chi connectivity index (χ0) is 33.3. The smallest absolute Gasteiger partial charge is 0.335 e. The van der Waals surface area contributed by atoms with E-state index in [0.717, 1.165) is 47.7 Å². The molecule has 1 atom stereocenters. The lowest BCUT2D eigenvalue weighted by Gasteiger charge is -2.22. The Morgan fingerprint density at radius 2 is 1.83 bits per heavy atom. The number of rotatable bonds is 13. The zero-order valence-corrected chi connectivity index (χ0v) is 28.4. The second kappa shape index (κ2) is 13.0. The molecular weight excluding hydrogens is 688 g/mol. The summed E-state index contributed by atoms with van der Waals surface area (Å²) in [6.07, 6.45) is 4.78.